The monoisotopic (exact) mass is 324 g/mol. The van der Waals surface area contributed by atoms with Gasteiger partial charge in [0, 0.05) is 23.9 Å². The maximum absolute atomic E-state index is 12.6. The molecule has 1 atom stereocenters. The second-order valence-corrected chi connectivity index (χ2v) is 4.94. The minimum atomic E-state index is -4.49. The van der Waals surface area contributed by atoms with Crippen molar-refractivity contribution in [3.05, 3.63) is 28.8 Å². The fourth-order valence-corrected chi connectivity index (χ4v) is 1.89. The number of alkyl halides is 3. The normalized spacial score (nSPS) is 12.9. The number of hydrogen-bond donors (Lipinski definition) is 2. The highest BCUT2D eigenvalue weighted by atomic mass is 35.5. The van der Waals surface area contributed by atoms with E-state index in [2.05, 4.69) is 10.6 Å². The molecule has 118 valence electrons. The molecule has 1 aromatic carbocycles. The van der Waals surface area contributed by atoms with Crippen molar-refractivity contribution in [1.82, 2.24) is 5.32 Å². The van der Waals surface area contributed by atoms with Gasteiger partial charge in [-0.1, -0.05) is 11.6 Å². The lowest BCUT2D eigenvalue weighted by Crippen LogP contribution is -2.39. The topological polar surface area (TPSA) is 50.4 Å². The number of benzene rings is 1. The van der Waals surface area contributed by atoms with Crippen LogP contribution in [0.15, 0.2) is 18.2 Å². The first-order chi connectivity index (χ1) is 9.72. The number of rotatable bonds is 6. The largest absolute Gasteiger partial charge is 0.416 e. The molecule has 0 saturated carbocycles. The summed E-state index contributed by atoms with van der Waals surface area (Å²) < 4.78 is 42.7. The van der Waals surface area contributed by atoms with Crippen molar-refractivity contribution in [2.75, 3.05) is 25.6 Å². The van der Waals surface area contributed by atoms with Crippen LogP contribution >= 0.6 is 11.6 Å². The highest BCUT2D eigenvalue weighted by Crippen LogP contribution is 2.33. The Morgan fingerprint density at radius 2 is 2.05 bits per heavy atom. The van der Waals surface area contributed by atoms with E-state index >= 15 is 0 Å². The highest BCUT2D eigenvalue weighted by Gasteiger charge is 2.31. The fraction of sp³-hybridized carbons (Fsp3) is 0.462. The number of methoxy groups -OCH3 is 1. The zero-order valence-corrected chi connectivity index (χ0v) is 12.3. The fourth-order valence-electron chi connectivity index (χ4n) is 1.66. The third-order valence-corrected chi connectivity index (χ3v) is 2.72. The number of anilines is 1. The van der Waals surface area contributed by atoms with Gasteiger partial charge >= 0.3 is 6.18 Å². The summed E-state index contributed by atoms with van der Waals surface area (Å²) in [5.74, 6) is -0.354. The Morgan fingerprint density at radius 1 is 1.38 bits per heavy atom. The third-order valence-electron chi connectivity index (χ3n) is 2.50. The molecule has 1 amide bonds. The first-order valence-electron chi connectivity index (χ1n) is 6.12. The van der Waals surface area contributed by atoms with E-state index in [9.17, 15) is 18.0 Å². The van der Waals surface area contributed by atoms with E-state index in [-0.39, 0.29) is 29.2 Å². The Hall–Kier alpha value is -1.47. The van der Waals surface area contributed by atoms with Gasteiger partial charge in [0.25, 0.3) is 0 Å². The zero-order valence-electron chi connectivity index (χ0n) is 11.6. The molecule has 0 fully saturated rings. The van der Waals surface area contributed by atoms with E-state index in [0.717, 1.165) is 12.1 Å². The number of ether oxygens (including phenoxy) is 1. The van der Waals surface area contributed by atoms with Crippen LogP contribution < -0.4 is 10.6 Å². The number of carbonyl (C=O) groups excluding carboxylic acids is 1. The van der Waals surface area contributed by atoms with Crippen molar-refractivity contribution in [3.8, 4) is 0 Å². The first kappa shape index (κ1) is 17.6. The molecule has 0 aromatic heterocycles. The highest BCUT2D eigenvalue weighted by molar-refractivity contribution is 6.30. The summed E-state index contributed by atoms with van der Waals surface area (Å²) in [4.78, 5) is 11.6. The summed E-state index contributed by atoms with van der Waals surface area (Å²) in [6.45, 7) is 1.94. The Morgan fingerprint density at radius 3 is 2.62 bits per heavy atom. The average Bonchev–Trinajstić information content (AvgIpc) is 2.35. The minimum Gasteiger partial charge on any atom is -0.383 e. The van der Waals surface area contributed by atoms with Crippen molar-refractivity contribution < 1.29 is 22.7 Å². The maximum atomic E-state index is 12.6. The van der Waals surface area contributed by atoms with E-state index < -0.39 is 11.7 Å². The van der Waals surface area contributed by atoms with Crippen LogP contribution in [0.4, 0.5) is 18.9 Å². The maximum Gasteiger partial charge on any atom is 0.416 e. The SMILES string of the molecule is COCC(C)NC(=O)CNc1cc(Cl)cc(C(F)(F)F)c1. The molecule has 0 radical (unpaired) electrons. The summed E-state index contributed by atoms with van der Waals surface area (Å²) in [7, 11) is 1.51. The molecule has 2 N–H and O–H groups in total. The van der Waals surface area contributed by atoms with Crippen LogP contribution in [0.25, 0.3) is 0 Å². The van der Waals surface area contributed by atoms with Crippen molar-refractivity contribution in [2.45, 2.75) is 19.1 Å². The van der Waals surface area contributed by atoms with Crippen LogP contribution in [-0.2, 0) is 15.7 Å². The van der Waals surface area contributed by atoms with Gasteiger partial charge in [0.05, 0.1) is 18.7 Å². The summed E-state index contributed by atoms with van der Waals surface area (Å²) in [5, 5.41) is 5.18. The summed E-state index contributed by atoms with van der Waals surface area (Å²) in [5.41, 5.74) is -0.741. The molecule has 0 heterocycles. The van der Waals surface area contributed by atoms with Crippen LogP contribution in [0.3, 0.4) is 0 Å². The van der Waals surface area contributed by atoms with Gasteiger partial charge < -0.3 is 15.4 Å². The minimum absolute atomic E-state index is 0.0551. The molecule has 0 aliphatic rings. The van der Waals surface area contributed by atoms with Gasteiger partial charge in [-0.2, -0.15) is 13.2 Å². The molecule has 0 bridgehead atoms. The molecule has 1 aromatic rings. The third kappa shape index (κ3) is 6.22. The molecule has 0 aliphatic carbocycles. The van der Waals surface area contributed by atoms with Gasteiger partial charge in [-0.15, -0.1) is 0 Å². The molecular formula is C13H16ClF3N2O2. The molecule has 0 saturated heterocycles. The number of nitrogens with one attached hydrogen (secondary N) is 2. The molecule has 0 spiro atoms. The van der Waals surface area contributed by atoms with E-state index in [0.29, 0.717) is 6.61 Å². The van der Waals surface area contributed by atoms with Crippen molar-refractivity contribution in [3.63, 3.8) is 0 Å². The Bertz CT molecular complexity index is 495. The van der Waals surface area contributed by atoms with Gasteiger partial charge in [-0.05, 0) is 25.1 Å². The van der Waals surface area contributed by atoms with Gasteiger partial charge in [0.1, 0.15) is 0 Å². The van der Waals surface area contributed by atoms with Gasteiger partial charge in [0.15, 0.2) is 0 Å². The van der Waals surface area contributed by atoms with Gasteiger partial charge in [-0.3, -0.25) is 4.79 Å². The standard InChI is InChI=1S/C13H16ClF3N2O2/c1-8(7-21-2)19-12(20)6-18-11-4-9(13(15,16)17)3-10(14)5-11/h3-5,8,18H,6-7H2,1-2H3,(H,19,20). The summed E-state index contributed by atoms with van der Waals surface area (Å²) in [6.07, 6.45) is -4.49. The average molecular weight is 325 g/mol. The summed E-state index contributed by atoms with van der Waals surface area (Å²) in [6, 6.07) is 2.86. The lowest BCUT2D eigenvalue weighted by molar-refractivity contribution is -0.137. The second kappa shape index (κ2) is 7.51. The van der Waals surface area contributed by atoms with Crippen LogP contribution in [-0.4, -0.2) is 32.2 Å². The molecule has 0 aliphatic heterocycles. The Labute approximate surface area is 125 Å². The summed E-state index contributed by atoms with van der Waals surface area (Å²) >= 11 is 5.64. The number of halogens is 4. The van der Waals surface area contributed by atoms with Crippen LogP contribution in [0.1, 0.15) is 12.5 Å². The smallest absolute Gasteiger partial charge is 0.383 e. The quantitative estimate of drug-likeness (QED) is 0.846. The van der Waals surface area contributed by atoms with E-state index in [4.69, 9.17) is 16.3 Å². The van der Waals surface area contributed by atoms with Crippen molar-refractivity contribution in [2.24, 2.45) is 0 Å². The lowest BCUT2D eigenvalue weighted by atomic mass is 10.2. The van der Waals surface area contributed by atoms with Gasteiger partial charge in [-0.25, -0.2) is 0 Å². The number of carbonyl (C=O) groups is 1. The number of amides is 1. The van der Waals surface area contributed by atoms with Crippen LogP contribution in [0.5, 0.6) is 0 Å². The Kier molecular flexibility index (Phi) is 6.29. The predicted octanol–water partition coefficient (Wildman–Crippen LogP) is 2.92. The van der Waals surface area contributed by atoms with Crippen molar-refractivity contribution in [1.29, 1.82) is 0 Å². The van der Waals surface area contributed by atoms with Crippen LogP contribution in [0.2, 0.25) is 5.02 Å². The van der Waals surface area contributed by atoms with Crippen molar-refractivity contribution >= 4 is 23.2 Å². The van der Waals surface area contributed by atoms with E-state index in [1.807, 2.05) is 0 Å². The number of hydrogen-bond acceptors (Lipinski definition) is 3. The second-order valence-electron chi connectivity index (χ2n) is 4.50. The first-order valence-corrected chi connectivity index (χ1v) is 6.50. The molecule has 1 rings (SSSR count). The molecule has 1 unspecified atom stereocenters. The molecule has 4 nitrogen and oxygen atoms in total. The van der Waals surface area contributed by atoms with E-state index in [1.54, 1.807) is 6.92 Å². The molecular weight excluding hydrogens is 309 g/mol. The Balaban J connectivity index is 2.63. The predicted molar refractivity (Wildman–Crippen MR) is 74.4 cm³/mol. The molecule has 8 heteroatoms. The lowest BCUT2D eigenvalue weighted by Gasteiger charge is -2.14. The van der Waals surface area contributed by atoms with Crippen LogP contribution in [0, 0.1) is 0 Å². The zero-order chi connectivity index (χ0) is 16.0. The van der Waals surface area contributed by atoms with Gasteiger partial charge in [0.2, 0.25) is 5.91 Å². The molecule has 21 heavy (non-hydrogen) atoms. The van der Waals surface area contributed by atoms with E-state index in [1.165, 1.54) is 13.2 Å².